The van der Waals surface area contributed by atoms with Gasteiger partial charge in [-0.2, -0.15) is 0 Å². The number of nitrogens with zero attached hydrogens (tertiary/aromatic N) is 1. The highest BCUT2D eigenvalue weighted by molar-refractivity contribution is 5.88. The van der Waals surface area contributed by atoms with Gasteiger partial charge in [0.05, 0.1) is 12.8 Å². The van der Waals surface area contributed by atoms with E-state index in [9.17, 15) is 14.7 Å². The molecule has 112 valence electrons. The van der Waals surface area contributed by atoms with Gasteiger partial charge in [0.2, 0.25) is 0 Å². The summed E-state index contributed by atoms with van der Waals surface area (Å²) in [6.45, 7) is 1.47. The Hall–Kier alpha value is -2.54. The number of carbonyl (C=O) groups excluding carboxylic acids is 1. The molecule has 1 atom stereocenters. The van der Waals surface area contributed by atoms with Crippen LogP contribution in [-0.2, 0) is 12.6 Å². The molecule has 3 N–H and O–H groups in total. The second-order valence-corrected chi connectivity index (χ2v) is 4.90. The van der Waals surface area contributed by atoms with E-state index < -0.39 is 11.6 Å². The fraction of sp³-hybridized carbons (Fsp3) is 0.286. The zero-order valence-electron chi connectivity index (χ0n) is 11.8. The number of carbonyl (C=O) groups is 1. The predicted octanol–water partition coefficient (Wildman–Crippen LogP) is 1.01. The van der Waals surface area contributed by atoms with Crippen molar-refractivity contribution < 1.29 is 14.3 Å². The molecule has 2 aromatic heterocycles. The number of furan rings is 1. The number of hydrogen-bond acceptors (Lipinski definition) is 4. The minimum atomic E-state index is -1.33. The van der Waals surface area contributed by atoms with Crippen molar-refractivity contribution >= 4 is 11.7 Å². The van der Waals surface area contributed by atoms with Crippen molar-refractivity contribution in [2.45, 2.75) is 12.5 Å². The van der Waals surface area contributed by atoms with Gasteiger partial charge in [-0.1, -0.05) is 0 Å². The van der Waals surface area contributed by atoms with Crippen molar-refractivity contribution in [3.63, 3.8) is 0 Å². The number of nitrogens with one attached hydrogen (secondary N) is 2. The van der Waals surface area contributed by atoms with E-state index in [1.165, 1.54) is 23.8 Å². The number of rotatable bonds is 4. The lowest BCUT2D eigenvalue weighted by atomic mass is 10.0. The standard InChI is InChI=1S/C14H17N3O4/c1-14(20,11-6-4-8-21-11)9-15-13(19)16-10-5-3-7-17(2)12(10)18/h3-8,20H,9H2,1-2H3,(H2,15,16,19). The van der Waals surface area contributed by atoms with Gasteiger partial charge in [-0.3, -0.25) is 4.79 Å². The Morgan fingerprint density at radius 3 is 2.86 bits per heavy atom. The van der Waals surface area contributed by atoms with Crippen LogP contribution in [0.5, 0.6) is 0 Å². The lowest BCUT2D eigenvalue weighted by Gasteiger charge is -2.21. The van der Waals surface area contributed by atoms with Crippen LogP contribution in [0.15, 0.2) is 45.9 Å². The Balaban J connectivity index is 1.97. The molecule has 0 spiro atoms. The van der Waals surface area contributed by atoms with Gasteiger partial charge in [-0.05, 0) is 31.2 Å². The van der Waals surface area contributed by atoms with Crippen molar-refractivity contribution in [3.05, 3.63) is 52.8 Å². The summed E-state index contributed by atoms with van der Waals surface area (Å²) in [7, 11) is 1.59. The summed E-state index contributed by atoms with van der Waals surface area (Å²) in [6, 6.07) is 5.84. The smallest absolute Gasteiger partial charge is 0.319 e. The first-order valence-corrected chi connectivity index (χ1v) is 6.37. The molecule has 2 amide bonds. The lowest BCUT2D eigenvalue weighted by Crippen LogP contribution is -2.41. The van der Waals surface area contributed by atoms with Crippen LogP contribution in [-0.4, -0.2) is 22.2 Å². The highest BCUT2D eigenvalue weighted by Crippen LogP contribution is 2.19. The van der Waals surface area contributed by atoms with Crippen LogP contribution in [0.3, 0.4) is 0 Å². The van der Waals surface area contributed by atoms with Crippen LogP contribution >= 0.6 is 0 Å². The molecule has 7 heteroatoms. The largest absolute Gasteiger partial charge is 0.466 e. The zero-order chi connectivity index (χ0) is 15.5. The molecule has 0 saturated heterocycles. The summed E-state index contributed by atoms with van der Waals surface area (Å²) < 4.78 is 6.46. The number of amides is 2. The second kappa shape index (κ2) is 5.84. The van der Waals surface area contributed by atoms with Gasteiger partial charge in [0.1, 0.15) is 17.0 Å². The van der Waals surface area contributed by atoms with Crippen molar-refractivity contribution in [1.29, 1.82) is 0 Å². The Kier molecular flexibility index (Phi) is 4.13. The minimum Gasteiger partial charge on any atom is -0.466 e. The van der Waals surface area contributed by atoms with Gasteiger partial charge in [0, 0.05) is 13.2 Å². The van der Waals surface area contributed by atoms with E-state index in [4.69, 9.17) is 4.42 Å². The maximum absolute atomic E-state index is 11.8. The highest BCUT2D eigenvalue weighted by Gasteiger charge is 2.26. The van der Waals surface area contributed by atoms with Gasteiger partial charge in [-0.25, -0.2) is 4.79 Å². The summed E-state index contributed by atoms with van der Waals surface area (Å²) in [5.74, 6) is 0.346. The molecule has 0 aliphatic heterocycles. The first-order valence-electron chi connectivity index (χ1n) is 6.37. The number of urea groups is 1. The third kappa shape index (κ3) is 3.51. The maximum atomic E-state index is 11.8. The Morgan fingerprint density at radius 1 is 1.43 bits per heavy atom. The maximum Gasteiger partial charge on any atom is 0.319 e. The summed E-state index contributed by atoms with van der Waals surface area (Å²) >= 11 is 0. The van der Waals surface area contributed by atoms with Crippen LogP contribution in [0.2, 0.25) is 0 Å². The zero-order valence-corrected chi connectivity index (χ0v) is 11.8. The average Bonchev–Trinajstić information content (AvgIpc) is 2.97. The van der Waals surface area contributed by atoms with Crippen LogP contribution in [0.1, 0.15) is 12.7 Å². The number of aliphatic hydroxyl groups is 1. The molecule has 0 aliphatic carbocycles. The minimum absolute atomic E-state index is 0.0561. The summed E-state index contributed by atoms with van der Waals surface area (Å²) in [5, 5.41) is 15.1. The van der Waals surface area contributed by atoms with Gasteiger partial charge < -0.3 is 24.7 Å². The first-order chi connectivity index (χ1) is 9.90. The van der Waals surface area contributed by atoms with Crippen LogP contribution < -0.4 is 16.2 Å². The number of anilines is 1. The van der Waals surface area contributed by atoms with Crippen LogP contribution in [0.25, 0.3) is 0 Å². The molecule has 0 saturated carbocycles. The molecule has 21 heavy (non-hydrogen) atoms. The molecule has 2 rings (SSSR count). The highest BCUT2D eigenvalue weighted by atomic mass is 16.4. The van der Waals surface area contributed by atoms with E-state index in [0.29, 0.717) is 5.76 Å². The molecule has 0 fully saturated rings. The summed E-state index contributed by atoms with van der Waals surface area (Å²) in [6.07, 6.45) is 3.03. The Morgan fingerprint density at radius 2 is 2.19 bits per heavy atom. The first kappa shape index (κ1) is 14.9. The topological polar surface area (TPSA) is 96.5 Å². The quantitative estimate of drug-likeness (QED) is 0.783. The fourth-order valence-electron chi connectivity index (χ4n) is 1.78. The van der Waals surface area contributed by atoms with Gasteiger partial charge in [0.15, 0.2) is 0 Å². The van der Waals surface area contributed by atoms with Gasteiger partial charge in [-0.15, -0.1) is 0 Å². The molecule has 0 aromatic carbocycles. The SMILES string of the molecule is Cn1cccc(NC(=O)NCC(C)(O)c2ccco2)c1=O. The Bertz CT molecular complexity index is 674. The fourth-order valence-corrected chi connectivity index (χ4v) is 1.78. The van der Waals surface area contributed by atoms with E-state index >= 15 is 0 Å². The summed E-state index contributed by atoms with van der Waals surface area (Å²) in [4.78, 5) is 23.5. The number of pyridine rings is 1. The monoisotopic (exact) mass is 291 g/mol. The number of aromatic nitrogens is 1. The van der Waals surface area contributed by atoms with E-state index in [2.05, 4.69) is 10.6 Å². The summed E-state index contributed by atoms with van der Waals surface area (Å²) in [5.41, 5.74) is -1.48. The Labute approximate surface area is 121 Å². The van der Waals surface area contributed by atoms with Crippen molar-refractivity contribution in [2.75, 3.05) is 11.9 Å². The van der Waals surface area contributed by atoms with E-state index in [1.807, 2.05) is 0 Å². The van der Waals surface area contributed by atoms with E-state index in [-0.39, 0.29) is 17.8 Å². The van der Waals surface area contributed by atoms with Crippen molar-refractivity contribution in [3.8, 4) is 0 Å². The third-order valence-corrected chi connectivity index (χ3v) is 3.02. The van der Waals surface area contributed by atoms with E-state index in [0.717, 1.165) is 0 Å². The third-order valence-electron chi connectivity index (χ3n) is 3.02. The molecular formula is C14H17N3O4. The molecule has 7 nitrogen and oxygen atoms in total. The van der Waals surface area contributed by atoms with Crippen molar-refractivity contribution in [1.82, 2.24) is 9.88 Å². The predicted molar refractivity (Wildman–Crippen MR) is 77.0 cm³/mol. The number of hydrogen-bond donors (Lipinski definition) is 3. The van der Waals surface area contributed by atoms with Crippen LogP contribution in [0.4, 0.5) is 10.5 Å². The second-order valence-electron chi connectivity index (χ2n) is 4.90. The molecule has 0 aliphatic rings. The van der Waals surface area contributed by atoms with Gasteiger partial charge in [0.25, 0.3) is 5.56 Å². The number of aryl methyl sites for hydroxylation is 1. The molecule has 0 bridgehead atoms. The van der Waals surface area contributed by atoms with Gasteiger partial charge >= 0.3 is 6.03 Å². The lowest BCUT2D eigenvalue weighted by molar-refractivity contribution is 0.0372. The molecule has 2 aromatic rings. The molecule has 0 radical (unpaired) electrons. The van der Waals surface area contributed by atoms with E-state index in [1.54, 1.807) is 31.4 Å². The molecular weight excluding hydrogens is 274 g/mol. The molecule has 1 unspecified atom stereocenters. The average molecular weight is 291 g/mol. The molecule has 2 heterocycles. The van der Waals surface area contributed by atoms with Crippen LogP contribution in [0, 0.1) is 0 Å². The van der Waals surface area contributed by atoms with Crippen molar-refractivity contribution in [2.24, 2.45) is 7.05 Å². The normalized spacial score (nSPS) is 13.5.